The normalized spacial score (nSPS) is 19.2. The van der Waals surface area contributed by atoms with Crippen molar-refractivity contribution in [2.24, 2.45) is 0 Å². The van der Waals surface area contributed by atoms with Crippen LogP contribution in [0.2, 0.25) is 0 Å². The minimum Gasteiger partial charge on any atom is -0.367 e. The maximum atomic E-state index is 11.6. The van der Waals surface area contributed by atoms with Gasteiger partial charge in [-0.25, -0.2) is 4.98 Å². The number of nitrogens with zero attached hydrogens (tertiary/aromatic N) is 1. The van der Waals surface area contributed by atoms with Crippen LogP contribution in [0.5, 0.6) is 0 Å². The zero-order valence-electron chi connectivity index (χ0n) is 9.96. The average molecular weight is 301 g/mol. The highest BCUT2D eigenvalue weighted by molar-refractivity contribution is 9.10. The average Bonchev–Trinajstić information content (AvgIpc) is 2.34. The van der Waals surface area contributed by atoms with Crippen LogP contribution in [0, 0.1) is 0 Å². The van der Waals surface area contributed by atoms with Crippen LogP contribution in [0.1, 0.15) is 44.9 Å². The second kappa shape index (κ2) is 5.31. The molecule has 1 aromatic rings. The number of hydrogen-bond donors (Lipinski definition) is 1. The van der Waals surface area contributed by atoms with E-state index in [-0.39, 0.29) is 11.2 Å². The molecule has 1 heterocycles. The van der Waals surface area contributed by atoms with Crippen molar-refractivity contribution in [2.45, 2.75) is 44.6 Å². The van der Waals surface area contributed by atoms with E-state index in [1.54, 1.807) is 6.20 Å². The van der Waals surface area contributed by atoms with Crippen LogP contribution in [0.3, 0.4) is 0 Å². The van der Waals surface area contributed by atoms with Crippen LogP contribution in [0.15, 0.2) is 15.5 Å². The van der Waals surface area contributed by atoms with Crippen LogP contribution >= 0.6 is 15.9 Å². The Morgan fingerprint density at radius 1 is 1.47 bits per heavy atom. The minimum atomic E-state index is -0.382. The van der Waals surface area contributed by atoms with E-state index in [1.807, 2.05) is 6.92 Å². The standard InChI is InChI=1S/C12H17BrN2O2/c1-2-17-12(6-4-3-5-7-12)11-14-8-9(13)10(16)15-11/h8H,2-7H2,1H3,(H,14,15,16). The number of halogens is 1. The third-order valence-corrected chi connectivity index (χ3v) is 3.83. The van der Waals surface area contributed by atoms with Crippen LogP contribution < -0.4 is 5.56 Å². The first-order chi connectivity index (χ1) is 8.18. The van der Waals surface area contributed by atoms with Gasteiger partial charge in [-0.15, -0.1) is 0 Å². The molecule has 5 heteroatoms. The van der Waals surface area contributed by atoms with E-state index >= 15 is 0 Å². The zero-order chi connectivity index (χ0) is 12.3. The topological polar surface area (TPSA) is 55.0 Å². The van der Waals surface area contributed by atoms with Crippen LogP contribution in [0.4, 0.5) is 0 Å². The molecule has 0 saturated heterocycles. The van der Waals surface area contributed by atoms with Gasteiger partial charge in [0.25, 0.3) is 5.56 Å². The maximum Gasteiger partial charge on any atom is 0.265 e. The summed E-state index contributed by atoms with van der Waals surface area (Å²) in [7, 11) is 0. The van der Waals surface area contributed by atoms with Gasteiger partial charge in [-0.05, 0) is 35.7 Å². The fourth-order valence-corrected chi connectivity index (χ4v) is 2.66. The first-order valence-corrected chi connectivity index (χ1v) is 6.86. The van der Waals surface area contributed by atoms with Gasteiger partial charge in [0.2, 0.25) is 0 Å². The summed E-state index contributed by atoms with van der Waals surface area (Å²) in [6, 6.07) is 0. The molecule has 0 unspecified atom stereocenters. The van der Waals surface area contributed by atoms with Gasteiger partial charge in [0.05, 0.1) is 0 Å². The Hall–Kier alpha value is -0.680. The van der Waals surface area contributed by atoms with E-state index in [0.29, 0.717) is 16.9 Å². The van der Waals surface area contributed by atoms with Gasteiger partial charge in [-0.1, -0.05) is 19.3 Å². The van der Waals surface area contributed by atoms with E-state index in [2.05, 4.69) is 25.9 Å². The lowest BCUT2D eigenvalue weighted by atomic mass is 9.84. The van der Waals surface area contributed by atoms with E-state index in [4.69, 9.17) is 4.74 Å². The molecule has 17 heavy (non-hydrogen) atoms. The molecule has 1 aliphatic carbocycles. The Morgan fingerprint density at radius 2 is 2.18 bits per heavy atom. The number of aromatic nitrogens is 2. The third kappa shape index (κ3) is 2.60. The van der Waals surface area contributed by atoms with Gasteiger partial charge in [0.1, 0.15) is 15.9 Å². The molecule has 0 atom stereocenters. The molecule has 0 radical (unpaired) electrons. The predicted octanol–water partition coefficient (Wildman–Crippen LogP) is 2.73. The Bertz CT molecular complexity index is 433. The smallest absolute Gasteiger partial charge is 0.265 e. The molecule has 1 saturated carbocycles. The summed E-state index contributed by atoms with van der Waals surface area (Å²) < 4.78 is 6.37. The summed E-state index contributed by atoms with van der Waals surface area (Å²) in [5.41, 5.74) is -0.521. The van der Waals surface area contributed by atoms with Crippen LogP contribution in [-0.4, -0.2) is 16.6 Å². The number of hydrogen-bond acceptors (Lipinski definition) is 3. The zero-order valence-corrected chi connectivity index (χ0v) is 11.5. The highest BCUT2D eigenvalue weighted by atomic mass is 79.9. The number of H-pyrrole nitrogens is 1. The van der Waals surface area contributed by atoms with Crippen molar-refractivity contribution in [3.63, 3.8) is 0 Å². The molecule has 1 N–H and O–H groups in total. The number of aromatic amines is 1. The Kier molecular flexibility index (Phi) is 3.99. The highest BCUT2D eigenvalue weighted by Gasteiger charge is 2.37. The molecule has 94 valence electrons. The van der Waals surface area contributed by atoms with Crippen molar-refractivity contribution >= 4 is 15.9 Å². The molecule has 4 nitrogen and oxygen atoms in total. The summed E-state index contributed by atoms with van der Waals surface area (Å²) in [6.07, 6.45) is 6.91. The van der Waals surface area contributed by atoms with Crippen molar-refractivity contribution in [1.29, 1.82) is 0 Å². The van der Waals surface area contributed by atoms with E-state index in [0.717, 1.165) is 25.7 Å². The Morgan fingerprint density at radius 3 is 2.76 bits per heavy atom. The molecule has 0 spiro atoms. The predicted molar refractivity (Wildman–Crippen MR) is 68.9 cm³/mol. The van der Waals surface area contributed by atoms with E-state index in [1.165, 1.54) is 6.42 Å². The molecule has 1 fully saturated rings. The number of ether oxygens (including phenoxy) is 1. The second-order valence-electron chi connectivity index (χ2n) is 4.40. The van der Waals surface area contributed by atoms with Gasteiger partial charge in [-0.3, -0.25) is 4.79 Å². The molecular weight excluding hydrogens is 284 g/mol. The van der Waals surface area contributed by atoms with E-state index < -0.39 is 0 Å². The molecule has 0 aromatic carbocycles. The lowest BCUT2D eigenvalue weighted by molar-refractivity contribution is -0.0768. The van der Waals surface area contributed by atoms with Crippen molar-refractivity contribution < 1.29 is 4.74 Å². The van der Waals surface area contributed by atoms with Crippen molar-refractivity contribution in [3.8, 4) is 0 Å². The summed E-state index contributed by atoms with van der Waals surface area (Å²) in [6.45, 7) is 2.62. The van der Waals surface area contributed by atoms with Crippen molar-refractivity contribution in [3.05, 3.63) is 26.8 Å². The summed E-state index contributed by atoms with van der Waals surface area (Å²) in [5.74, 6) is 0.673. The van der Waals surface area contributed by atoms with Gasteiger partial charge in [0, 0.05) is 12.8 Å². The molecule has 2 rings (SSSR count). The first kappa shape index (κ1) is 12.8. The SMILES string of the molecule is CCOC1(c2ncc(Br)c(=O)[nH]2)CCCCC1. The maximum absolute atomic E-state index is 11.6. The summed E-state index contributed by atoms with van der Waals surface area (Å²) in [5, 5.41) is 0. The largest absolute Gasteiger partial charge is 0.367 e. The molecule has 1 aromatic heterocycles. The van der Waals surface area contributed by atoms with E-state index in [9.17, 15) is 4.79 Å². The molecule has 0 amide bonds. The first-order valence-electron chi connectivity index (χ1n) is 6.07. The number of nitrogens with one attached hydrogen (secondary N) is 1. The summed E-state index contributed by atoms with van der Waals surface area (Å²) >= 11 is 3.16. The summed E-state index contributed by atoms with van der Waals surface area (Å²) in [4.78, 5) is 18.8. The molecule has 0 aliphatic heterocycles. The minimum absolute atomic E-state index is 0.139. The fourth-order valence-electron chi connectivity index (χ4n) is 2.46. The van der Waals surface area contributed by atoms with Crippen molar-refractivity contribution in [1.82, 2.24) is 9.97 Å². The molecular formula is C12H17BrN2O2. The van der Waals surface area contributed by atoms with Gasteiger partial charge < -0.3 is 9.72 Å². The monoisotopic (exact) mass is 300 g/mol. The third-order valence-electron chi connectivity index (χ3n) is 3.27. The van der Waals surface area contributed by atoms with Gasteiger partial charge >= 0.3 is 0 Å². The lowest BCUT2D eigenvalue weighted by Gasteiger charge is -2.35. The van der Waals surface area contributed by atoms with Gasteiger partial charge in [-0.2, -0.15) is 0 Å². The second-order valence-corrected chi connectivity index (χ2v) is 5.25. The highest BCUT2D eigenvalue weighted by Crippen LogP contribution is 2.38. The lowest BCUT2D eigenvalue weighted by Crippen LogP contribution is -2.36. The number of rotatable bonds is 3. The van der Waals surface area contributed by atoms with Crippen molar-refractivity contribution in [2.75, 3.05) is 6.61 Å². The Labute approximate surface area is 109 Å². The van der Waals surface area contributed by atoms with Gasteiger partial charge in [0.15, 0.2) is 0 Å². The Balaban J connectivity index is 2.37. The molecule has 0 bridgehead atoms. The van der Waals surface area contributed by atoms with Crippen LogP contribution in [0.25, 0.3) is 0 Å². The van der Waals surface area contributed by atoms with Crippen LogP contribution in [-0.2, 0) is 10.3 Å². The quantitative estimate of drug-likeness (QED) is 0.934. The fraction of sp³-hybridized carbons (Fsp3) is 0.667. The molecule has 1 aliphatic rings.